The highest BCUT2D eigenvalue weighted by Gasteiger charge is 2.63. The van der Waals surface area contributed by atoms with E-state index < -0.39 is 54.5 Å². The zero-order valence-electron chi connectivity index (χ0n) is 18.5. The van der Waals surface area contributed by atoms with Gasteiger partial charge in [0.2, 0.25) is 18.0 Å². The van der Waals surface area contributed by atoms with E-state index in [1.54, 1.807) is 31.6 Å². The largest absolute Gasteiger partial charge is 0.391 e. The number of aliphatic hydroxyl groups is 3. The molecule has 3 unspecified atom stereocenters. The Hall–Kier alpha value is -1.66. The Bertz CT molecular complexity index is 799. The van der Waals surface area contributed by atoms with Gasteiger partial charge in [-0.15, -0.1) is 0 Å². The number of fused-ring (bicyclic) bond motifs is 2. The minimum atomic E-state index is -1.98. The van der Waals surface area contributed by atoms with Gasteiger partial charge >= 0.3 is 0 Å². The molecular weight excluding hydrogens is 418 g/mol. The lowest BCUT2D eigenvalue weighted by atomic mass is 9.74. The molecule has 10 atom stereocenters. The molecule has 4 rings (SSSR count). The van der Waals surface area contributed by atoms with Crippen LogP contribution in [0, 0.1) is 5.92 Å². The van der Waals surface area contributed by atoms with Crippen molar-refractivity contribution in [1.82, 2.24) is 15.6 Å². The van der Waals surface area contributed by atoms with Crippen LogP contribution in [0.3, 0.4) is 0 Å². The first kappa shape index (κ1) is 23.5. The molecule has 1 amide bonds. The quantitative estimate of drug-likeness (QED) is 0.384. The van der Waals surface area contributed by atoms with E-state index in [-0.39, 0.29) is 18.4 Å². The summed E-state index contributed by atoms with van der Waals surface area (Å²) in [7, 11) is 1.68. The Morgan fingerprint density at radius 1 is 1.28 bits per heavy atom. The van der Waals surface area contributed by atoms with E-state index in [0.29, 0.717) is 12.8 Å². The first-order valence-electron chi connectivity index (χ1n) is 11.2. The third-order valence-corrected chi connectivity index (χ3v) is 6.85. The molecule has 3 fully saturated rings. The molecule has 1 aromatic rings. The van der Waals surface area contributed by atoms with Crippen LogP contribution in [0.5, 0.6) is 0 Å². The highest BCUT2D eigenvalue weighted by Crippen LogP contribution is 2.43. The van der Waals surface area contributed by atoms with Gasteiger partial charge in [-0.2, -0.15) is 0 Å². The molecule has 1 saturated carbocycles. The lowest BCUT2D eigenvalue weighted by Crippen LogP contribution is -2.77. The van der Waals surface area contributed by atoms with Crippen molar-refractivity contribution in [2.24, 2.45) is 5.92 Å². The van der Waals surface area contributed by atoms with E-state index in [1.165, 1.54) is 0 Å². The molecular formula is C22H33N3O7. The van der Waals surface area contributed by atoms with Crippen molar-refractivity contribution in [3.8, 4) is 0 Å². The average Bonchev–Trinajstić information content (AvgIpc) is 2.75. The van der Waals surface area contributed by atoms with E-state index in [4.69, 9.17) is 14.2 Å². The molecule has 10 heteroatoms. The van der Waals surface area contributed by atoms with Gasteiger partial charge in [-0.3, -0.25) is 9.78 Å². The van der Waals surface area contributed by atoms with Crippen LogP contribution in [0.25, 0.3) is 0 Å². The standard InChI is InChI=1S/C22H33N3O7/c1-4-13-17(27)16(23-3)19-20(18(13)28)31-21-22(29,32-19)14(8-11(2)30-21)25-15(26)9-12-6-5-7-24-10-12/h5-7,10-11,13-14,16-21,23,27-29H,4,8-9H2,1-3H3,(H,25,26)/t11-,13-,14-,16+,17+,18+,19?,20?,21?,22+/m1/s1. The summed E-state index contributed by atoms with van der Waals surface area (Å²) in [4.78, 5) is 16.7. The number of hydrogen-bond acceptors (Lipinski definition) is 9. The molecule has 3 heterocycles. The van der Waals surface area contributed by atoms with E-state index in [1.807, 2.05) is 13.8 Å². The van der Waals surface area contributed by atoms with Crippen LogP contribution in [-0.2, 0) is 25.4 Å². The smallest absolute Gasteiger partial charge is 0.239 e. The molecule has 178 valence electrons. The highest BCUT2D eigenvalue weighted by molar-refractivity contribution is 5.78. The number of aliphatic hydroxyl groups excluding tert-OH is 2. The third kappa shape index (κ3) is 4.16. The molecule has 0 radical (unpaired) electrons. The third-order valence-electron chi connectivity index (χ3n) is 6.85. The molecule has 1 aromatic heterocycles. The van der Waals surface area contributed by atoms with Crippen molar-refractivity contribution in [3.63, 3.8) is 0 Å². The fourth-order valence-corrected chi connectivity index (χ4v) is 5.17. The molecule has 3 aliphatic rings. The summed E-state index contributed by atoms with van der Waals surface area (Å²) < 4.78 is 18.0. The van der Waals surface area contributed by atoms with Crippen LogP contribution < -0.4 is 10.6 Å². The minimum absolute atomic E-state index is 0.0992. The number of amides is 1. The number of hydrogen-bond donors (Lipinski definition) is 5. The summed E-state index contributed by atoms with van der Waals surface area (Å²) in [5, 5.41) is 39.1. The molecule has 32 heavy (non-hydrogen) atoms. The number of pyridine rings is 1. The Morgan fingerprint density at radius 2 is 2.06 bits per heavy atom. The molecule has 0 aromatic carbocycles. The number of ether oxygens (including phenoxy) is 3. The maximum absolute atomic E-state index is 12.7. The van der Waals surface area contributed by atoms with E-state index in [9.17, 15) is 20.1 Å². The van der Waals surface area contributed by atoms with Gasteiger partial charge in [-0.1, -0.05) is 13.0 Å². The first-order valence-corrected chi connectivity index (χ1v) is 11.2. The molecule has 10 nitrogen and oxygen atoms in total. The van der Waals surface area contributed by atoms with Crippen molar-refractivity contribution in [2.45, 2.75) is 87.8 Å². The number of nitrogens with zero attached hydrogens (tertiary/aromatic N) is 1. The molecule has 5 N–H and O–H groups in total. The van der Waals surface area contributed by atoms with Crippen LogP contribution in [0.15, 0.2) is 24.5 Å². The number of carbonyl (C=O) groups is 1. The zero-order valence-corrected chi connectivity index (χ0v) is 18.5. The van der Waals surface area contributed by atoms with Crippen LogP contribution in [0.2, 0.25) is 0 Å². The van der Waals surface area contributed by atoms with Gasteiger partial charge < -0.3 is 40.2 Å². The zero-order chi connectivity index (χ0) is 23.0. The van der Waals surface area contributed by atoms with Crippen molar-refractivity contribution >= 4 is 5.91 Å². The van der Waals surface area contributed by atoms with Gasteiger partial charge in [0.15, 0.2) is 0 Å². The van der Waals surface area contributed by atoms with E-state index >= 15 is 0 Å². The summed E-state index contributed by atoms with van der Waals surface area (Å²) in [6.45, 7) is 3.71. The number of carbonyl (C=O) groups excluding carboxylic acids is 1. The predicted molar refractivity (Wildman–Crippen MR) is 112 cm³/mol. The van der Waals surface area contributed by atoms with Gasteiger partial charge in [0, 0.05) is 18.3 Å². The maximum atomic E-state index is 12.7. The Morgan fingerprint density at radius 3 is 2.72 bits per heavy atom. The number of rotatable bonds is 5. The van der Waals surface area contributed by atoms with Crippen LogP contribution in [-0.4, -0.2) is 87.9 Å². The highest BCUT2D eigenvalue weighted by atomic mass is 16.8. The summed E-state index contributed by atoms with van der Waals surface area (Å²) >= 11 is 0. The van der Waals surface area contributed by atoms with Crippen LogP contribution in [0.1, 0.15) is 32.3 Å². The fourth-order valence-electron chi connectivity index (χ4n) is 5.17. The summed E-state index contributed by atoms with van der Waals surface area (Å²) in [5.41, 5.74) is 0.744. The van der Waals surface area contributed by atoms with Crippen LogP contribution in [0.4, 0.5) is 0 Å². The van der Waals surface area contributed by atoms with Gasteiger partial charge in [0.05, 0.1) is 36.8 Å². The summed E-state index contributed by atoms with van der Waals surface area (Å²) in [5.74, 6) is -2.69. The number of aromatic nitrogens is 1. The summed E-state index contributed by atoms with van der Waals surface area (Å²) in [6, 6.07) is 2.16. The first-order chi connectivity index (χ1) is 15.3. The SMILES string of the molecule is CC[C@@H]1[C@H](O)[C@H](NC)C2O[C@]3(O)C(OC2[C@H]1O)O[C@H](C)C[C@H]3NC(=O)Cc1cccnc1. The topological polar surface area (TPSA) is 142 Å². The number of nitrogens with one attached hydrogen (secondary N) is 2. The van der Waals surface area contributed by atoms with Crippen molar-refractivity contribution in [2.75, 3.05) is 7.05 Å². The molecule has 2 saturated heterocycles. The Labute approximate surface area is 187 Å². The van der Waals surface area contributed by atoms with Gasteiger partial charge in [0.1, 0.15) is 12.2 Å². The van der Waals surface area contributed by atoms with Crippen molar-refractivity contribution < 1.29 is 34.3 Å². The molecule has 0 spiro atoms. The second kappa shape index (κ2) is 9.30. The van der Waals surface area contributed by atoms with Gasteiger partial charge in [-0.05, 0) is 38.4 Å². The van der Waals surface area contributed by atoms with Crippen LogP contribution >= 0.6 is 0 Å². The average molecular weight is 452 g/mol. The minimum Gasteiger partial charge on any atom is -0.391 e. The van der Waals surface area contributed by atoms with Gasteiger partial charge in [-0.25, -0.2) is 0 Å². The molecule has 0 bridgehead atoms. The normalized spacial score (nSPS) is 43.8. The van der Waals surface area contributed by atoms with E-state index in [2.05, 4.69) is 15.6 Å². The molecule has 2 aliphatic heterocycles. The lowest BCUT2D eigenvalue weighted by Gasteiger charge is -2.58. The number of likely N-dealkylation sites (N-methyl/N-ethyl adjacent to an activating group) is 1. The Balaban J connectivity index is 1.56. The second-order valence-corrected chi connectivity index (χ2v) is 8.98. The van der Waals surface area contributed by atoms with Gasteiger partial charge in [0.25, 0.3) is 0 Å². The van der Waals surface area contributed by atoms with Crippen molar-refractivity contribution in [1.29, 1.82) is 0 Å². The predicted octanol–water partition coefficient (Wildman–Crippen LogP) is -0.934. The van der Waals surface area contributed by atoms with Crippen molar-refractivity contribution in [3.05, 3.63) is 30.1 Å². The lowest BCUT2D eigenvalue weighted by molar-refractivity contribution is -0.450. The summed E-state index contributed by atoms with van der Waals surface area (Å²) in [6.07, 6.45) is -0.859. The monoisotopic (exact) mass is 451 g/mol. The van der Waals surface area contributed by atoms with E-state index in [0.717, 1.165) is 5.56 Å². The maximum Gasteiger partial charge on any atom is 0.239 e. The Kier molecular flexibility index (Phi) is 6.83. The second-order valence-electron chi connectivity index (χ2n) is 8.98. The molecule has 1 aliphatic carbocycles. The fraction of sp³-hybridized carbons (Fsp3) is 0.727.